The summed E-state index contributed by atoms with van der Waals surface area (Å²) in [5, 5.41) is 0.204. The van der Waals surface area contributed by atoms with Crippen LogP contribution in [-0.2, 0) is 42.1 Å². The topological polar surface area (TPSA) is 90.9 Å². The Hall–Kier alpha value is -0.376. The van der Waals surface area contributed by atoms with Gasteiger partial charge in [0.2, 0.25) is 0 Å². The predicted octanol–water partition coefficient (Wildman–Crippen LogP) is 4.66. The first-order chi connectivity index (χ1) is 17.1. The molecule has 0 aromatic carbocycles. The molecule has 0 atom stereocenters. The third-order valence-corrected chi connectivity index (χ3v) is 15.6. The fourth-order valence-electron chi connectivity index (χ4n) is 2.29. The Morgan fingerprint density at radius 3 is 1.11 bits per heavy atom. The second-order valence-electron chi connectivity index (χ2n) is 12.0. The minimum Gasteiger partial charge on any atom is -0.517 e. The largest absolute Gasteiger partial charge is 0.517 e. The van der Waals surface area contributed by atoms with Gasteiger partial charge in [0.15, 0.2) is 8.32 Å². The van der Waals surface area contributed by atoms with E-state index in [2.05, 4.69) is 54.6 Å². The van der Waals surface area contributed by atoms with E-state index in [1.807, 2.05) is 13.1 Å². The van der Waals surface area contributed by atoms with Crippen molar-refractivity contribution in [3.63, 3.8) is 0 Å². The number of hydrogen-bond donors (Lipinski definition) is 0. The smallest absolute Gasteiger partial charge is 0.318 e. The summed E-state index contributed by atoms with van der Waals surface area (Å²) in [7, 11) is -3.79. The highest BCUT2D eigenvalue weighted by atomic mass is 28.4. The van der Waals surface area contributed by atoms with Crippen LogP contribution in [-0.4, -0.2) is 108 Å². The molecule has 37 heavy (non-hydrogen) atoms. The van der Waals surface area contributed by atoms with Gasteiger partial charge in [-0.25, -0.2) is 0 Å². The maximum absolute atomic E-state index is 11.9. The van der Waals surface area contributed by atoms with Crippen molar-refractivity contribution >= 4 is 22.6 Å². The molecule has 0 aliphatic carbocycles. The molecule has 0 aromatic rings. The molecular formula is C26H56O9Si2. The summed E-state index contributed by atoms with van der Waals surface area (Å²) < 4.78 is 44.5. The number of ether oxygens (including phenoxy) is 6. The highest BCUT2D eigenvalue weighted by molar-refractivity contribution is 6.75. The summed E-state index contributed by atoms with van der Waals surface area (Å²) in [6, 6.07) is 0. The molecule has 0 aliphatic heterocycles. The minimum absolute atomic E-state index is 0.0131. The summed E-state index contributed by atoms with van der Waals surface area (Å²) in [6.07, 6.45) is 0. The molecule has 0 bridgehead atoms. The van der Waals surface area contributed by atoms with Crippen LogP contribution in [0.25, 0.3) is 0 Å². The van der Waals surface area contributed by atoms with E-state index in [1.54, 1.807) is 0 Å². The van der Waals surface area contributed by atoms with Gasteiger partial charge in [-0.15, -0.1) is 0 Å². The standard InChI is InChI=1S/C26H56O9Si2/c1-25(2,3)36(7,8)34-22-21-32-18-17-30-14-13-28-11-12-29-15-16-31-19-20-33-23-24(27)35-37(9,10)26(4,5)6/h11-23H2,1-10H3. The van der Waals surface area contributed by atoms with E-state index in [9.17, 15) is 4.79 Å². The molecule has 0 N–H and O–H groups in total. The molecule has 0 saturated heterocycles. The van der Waals surface area contributed by atoms with Crippen LogP contribution >= 0.6 is 0 Å². The van der Waals surface area contributed by atoms with E-state index >= 15 is 0 Å². The summed E-state index contributed by atoms with van der Waals surface area (Å²) in [5.74, 6) is -0.309. The maximum atomic E-state index is 11.9. The third-order valence-electron chi connectivity index (χ3n) is 6.75. The highest BCUT2D eigenvalue weighted by Crippen LogP contribution is 2.37. The van der Waals surface area contributed by atoms with E-state index in [0.29, 0.717) is 79.3 Å². The number of carbonyl (C=O) groups is 1. The van der Waals surface area contributed by atoms with Crippen molar-refractivity contribution in [2.75, 3.05) is 85.9 Å². The Bertz CT molecular complexity index is 588. The lowest BCUT2D eigenvalue weighted by Crippen LogP contribution is -2.43. The Labute approximate surface area is 228 Å². The highest BCUT2D eigenvalue weighted by Gasteiger charge is 2.40. The average molecular weight is 569 g/mol. The molecule has 0 aliphatic rings. The molecule has 9 nitrogen and oxygen atoms in total. The van der Waals surface area contributed by atoms with Crippen molar-refractivity contribution in [1.29, 1.82) is 0 Å². The van der Waals surface area contributed by atoms with E-state index in [1.165, 1.54) is 0 Å². The second kappa shape index (κ2) is 18.8. The lowest BCUT2D eigenvalue weighted by atomic mass is 10.2. The third kappa shape index (κ3) is 18.5. The SMILES string of the molecule is CC(C)(C)[Si](C)(C)OCCOCCOCCOCCOCCOCCOCC(=O)O[Si](C)(C)C(C)(C)C. The van der Waals surface area contributed by atoms with Crippen molar-refractivity contribution in [2.24, 2.45) is 0 Å². The number of hydrogen-bond acceptors (Lipinski definition) is 9. The first-order valence-electron chi connectivity index (χ1n) is 13.4. The molecule has 0 spiro atoms. The van der Waals surface area contributed by atoms with Crippen LogP contribution in [0.3, 0.4) is 0 Å². The van der Waals surface area contributed by atoms with Crippen LogP contribution in [0.2, 0.25) is 36.3 Å². The van der Waals surface area contributed by atoms with Crippen LogP contribution in [0.15, 0.2) is 0 Å². The van der Waals surface area contributed by atoms with Crippen LogP contribution in [0, 0.1) is 0 Å². The van der Waals surface area contributed by atoms with Crippen molar-refractivity contribution in [3.8, 4) is 0 Å². The lowest BCUT2D eigenvalue weighted by Gasteiger charge is -2.36. The monoisotopic (exact) mass is 568 g/mol. The summed E-state index contributed by atoms with van der Waals surface area (Å²) in [5.41, 5.74) is 0. The molecule has 0 aromatic heterocycles. The van der Waals surface area contributed by atoms with Crippen molar-refractivity contribution in [2.45, 2.75) is 77.8 Å². The molecule has 0 radical (unpaired) electrons. The Kier molecular flexibility index (Phi) is 18.6. The first-order valence-corrected chi connectivity index (χ1v) is 19.2. The zero-order chi connectivity index (χ0) is 28.4. The summed E-state index contributed by atoms with van der Waals surface area (Å²) in [4.78, 5) is 11.9. The van der Waals surface area contributed by atoms with Crippen molar-refractivity contribution < 1.29 is 42.1 Å². The molecule has 0 unspecified atom stereocenters. The Morgan fingerprint density at radius 2 is 0.784 bits per heavy atom. The van der Waals surface area contributed by atoms with Gasteiger partial charge >= 0.3 is 5.97 Å². The molecule has 0 fully saturated rings. The molecule has 0 rings (SSSR count). The van der Waals surface area contributed by atoms with E-state index < -0.39 is 16.6 Å². The van der Waals surface area contributed by atoms with E-state index in [4.69, 9.17) is 37.3 Å². The van der Waals surface area contributed by atoms with Crippen LogP contribution in [0.4, 0.5) is 0 Å². The Balaban J connectivity index is 3.37. The zero-order valence-corrected chi connectivity index (χ0v) is 27.4. The van der Waals surface area contributed by atoms with Crippen LogP contribution in [0.5, 0.6) is 0 Å². The maximum Gasteiger partial charge on any atom is 0.318 e. The van der Waals surface area contributed by atoms with Gasteiger partial charge in [-0.3, -0.25) is 4.79 Å². The molecule has 11 heteroatoms. The predicted molar refractivity (Wildman–Crippen MR) is 151 cm³/mol. The zero-order valence-electron chi connectivity index (χ0n) is 25.4. The molecular weight excluding hydrogens is 512 g/mol. The van der Waals surface area contributed by atoms with Gasteiger partial charge in [-0.05, 0) is 36.3 Å². The van der Waals surface area contributed by atoms with E-state index in [0.717, 1.165) is 0 Å². The van der Waals surface area contributed by atoms with Gasteiger partial charge in [0, 0.05) is 0 Å². The van der Waals surface area contributed by atoms with Gasteiger partial charge in [0.05, 0.1) is 79.3 Å². The normalized spacial score (nSPS) is 13.2. The fourth-order valence-corrected chi connectivity index (χ4v) is 4.26. The lowest BCUT2D eigenvalue weighted by molar-refractivity contribution is -0.141. The van der Waals surface area contributed by atoms with Crippen molar-refractivity contribution in [1.82, 2.24) is 0 Å². The van der Waals surface area contributed by atoms with Gasteiger partial charge < -0.3 is 37.3 Å². The Morgan fingerprint density at radius 1 is 0.486 bits per heavy atom. The molecule has 0 saturated carbocycles. The van der Waals surface area contributed by atoms with Crippen molar-refractivity contribution in [3.05, 3.63) is 0 Å². The van der Waals surface area contributed by atoms with E-state index in [-0.39, 0.29) is 22.7 Å². The van der Waals surface area contributed by atoms with Gasteiger partial charge in [-0.1, -0.05) is 41.5 Å². The molecule has 222 valence electrons. The second-order valence-corrected chi connectivity index (χ2v) is 21.5. The van der Waals surface area contributed by atoms with Crippen LogP contribution in [0.1, 0.15) is 41.5 Å². The quantitative estimate of drug-likeness (QED) is 0.137. The average Bonchev–Trinajstić information content (AvgIpc) is 2.75. The van der Waals surface area contributed by atoms with Gasteiger partial charge in [-0.2, -0.15) is 0 Å². The molecule has 0 heterocycles. The number of carbonyl (C=O) groups excluding carboxylic acids is 1. The number of rotatable bonds is 22. The summed E-state index contributed by atoms with van der Waals surface area (Å²) in [6.45, 7) is 27.5. The van der Waals surface area contributed by atoms with Gasteiger partial charge in [0.25, 0.3) is 8.32 Å². The van der Waals surface area contributed by atoms with Gasteiger partial charge in [0.1, 0.15) is 6.61 Å². The van der Waals surface area contributed by atoms with Crippen LogP contribution < -0.4 is 0 Å². The first kappa shape index (κ1) is 36.6. The fraction of sp³-hybridized carbons (Fsp3) is 0.962. The summed E-state index contributed by atoms with van der Waals surface area (Å²) >= 11 is 0. The minimum atomic E-state index is -2.09. The molecule has 0 amide bonds.